The molecule has 0 aliphatic rings. The van der Waals surface area contributed by atoms with E-state index >= 15 is 0 Å². The minimum absolute atomic E-state index is 0.0219. The largest absolute Gasteiger partial charge is 0.493 e. The number of nitrogens with one attached hydrogen (secondary N) is 1. The van der Waals surface area contributed by atoms with Crippen molar-refractivity contribution in [3.63, 3.8) is 0 Å². The summed E-state index contributed by atoms with van der Waals surface area (Å²) >= 11 is 0. The lowest BCUT2D eigenvalue weighted by molar-refractivity contribution is -0.116. The number of amides is 1. The summed E-state index contributed by atoms with van der Waals surface area (Å²) in [5, 5.41) is 7.72. The van der Waals surface area contributed by atoms with Gasteiger partial charge in [0.05, 0.1) is 12.0 Å². The van der Waals surface area contributed by atoms with Gasteiger partial charge in [-0.2, -0.15) is 8.78 Å². The SMILES string of the molecule is COc1cc(/C=C/C(=O)NCCc2ccc(S(N)(=O)=O)cc2)ccc1OC(F)F. The molecule has 2 aromatic carbocycles. The molecule has 0 heterocycles. The van der Waals surface area contributed by atoms with Gasteiger partial charge < -0.3 is 14.8 Å². The zero-order valence-corrected chi connectivity index (χ0v) is 16.3. The number of benzene rings is 2. The fourth-order valence-corrected chi connectivity index (χ4v) is 2.90. The van der Waals surface area contributed by atoms with Gasteiger partial charge in [-0.15, -0.1) is 0 Å². The molecule has 29 heavy (non-hydrogen) atoms. The van der Waals surface area contributed by atoms with E-state index in [0.717, 1.165) is 5.56 Å². The Hall–Kier alpha value is -2.98. The van der Waals surface area contributed by atoms with Crippen LogP contribution in [0.5, 0.6) is 11.5 Å². The number of nitrogens with two attached hydrogens (primary N) is 1. The van der Waals surface area contributed by atoms with Crippen LogP contribution in [0.3, 0.4) is 0 Å². The molecule has 0 unspecified atom stereocenters. The summed E-state index contributed by atoms with van der Waals surface area (Å²) in [6.07, 6.45) is 3.30. The molecule has 0 saturated carbocycles. The van der Waals surface area contributed by atoms with E-state index in [9.17, 15) is 22.0 Å². The first-order valence-corrected chi connectivity index (χ1v) is 9.94. The fourth-order valence-electron chi connectivity index (χ4n) is 2.39. The van der Waals surface area contributed by atoms with E-state index in [4.69, 9.17) is 9.88 Å². The minimum atomic E-state index is -3.73. The number of rotatable bonds is 9. The predicted octanol–water partition coefficient (Wildman–Crippen LogP) is 2.32. The summed E-state index contributed by atoms with van der Waals surface area (Å²) in [7, 11) is -2.41. The van der Waals surface area contributed by atoms with Crippen LogP contribution >= 0.6 is 0 Å². The summed E-state index contributed by atoms with van der Waals surface area (Å²) in [5.41, 5.74) is 1.40. The minimum Gasteiger partial charge on any atom is -0.493 e. The highest BCUT2D eigenvalue weighted by atomic mass is 32.2. The van der Waals surface area contributed by atoms with Crippen molar-refractivity contribution in [2.75, 3.05) is 13.7 Å². The molecular weight excluding hydrogens is 406 g/mol. The predicted molar refractivity (Wildman–Crippen MR) is 103 cm³/mol. The Morgan fingerprint density at radius 1 is 1.17 bits per heavy atom. The monoisotopic (exact) mass is 426 g/mol. The highest BCUT2D eigenvalue weighted by Crippen LogP contribution is 2.29. The molecule has 10 heteroatoms. The third-order valence-corrected chi connectivity index (χ3v) is 4.72. The maximum Gasteiger partial charge on any atom is 0.387 e. The summed E-state index contributed by atoms with van der Waals surface area (Å²) in [4.78, 5) is 11.9. The Balaban J connectivity index is 1.88. The molecule has 156 valence electrons. The second-order valence-corrected chi connectivity index (χ2v) is 7.41. The molecule has 7 nitrogen and oxygen atoms in total. The van der Waals surface area contributed by atoms with Crippen molar-refractivity contribution in [3.8, 4) is 11.5 Å². The molecule has 0 bridgehead atoms. The number of hydrogen-bond acceptors (Lipinski definition) is 5. The first kappa shape index (κ1) is 22.3. The number of carbonyl (C=O) groups is 1. The number of primary sulfonamides is 1. The van der Waals surface area contributed by atoms with E-state index in [-0.39, 0.29) is 22.3 Å². The van der Waals surface area contributed by atoms with Crippen LogP contribution in [0.15, 0.2) is 53.4 Å². The third kappa shape index (κ3) is 7.16. The van der Waals surface area contributed by atoms with Crippen molar-refractivity contribution in [2.45, 2.75) is 17.9 Å². The molecule has 0 aromatic heterocycles. The molecule has 0 fully saturated rings. The lowest BCUT2D eigenvalue weighted by atomic mass is 10.1. The second kappa shape index (κ2) is 9.99. The Labute approximate surface area is 167 Å². The average molecular weight is 426 g/mol. The molecule has 3 N–H and O–H groups in total. The van der Waals surface area contributed by atoms with Crippen molar-refractivity contribution in [1.82, 2.24) is 5.32 Å². The Morgan fingerprint density at radius 2 is 1.86 bits per heavy atom. The number of carbonyl (C=O) groups excluding carboxylic acids is 1. The van der Waals surface area contributed by atoms with Gasteiger partial charge in [0.1, 0.15) is 0 Å². The molecule has 0 spiro atoms. The number of halogens is 2. The smallest absolute Gasteiger partial charge is 0.387 e. The fraction of sp³-hybridized carbons (Fsp3) is 0.211. The standard InChI is InChI=1S/C19H20F2N2O5S/c1-27-17-12-14(4-8-16(17)28-19(20)21)5-9-18(24)23-11-10-13-2-6-15(7-3-13)29(22,25)26/h2-9,12,19H,10-11H2,1H3,(H,23,24)(H2,22,25,26)/b9-5+. The van der Waals surface area contributed by atoms with Crippen LogP contribution in [-0.4, -0.2) is 34.6 Å². The van der Waals surface area contributed by atoms with Gasteiger partial charge >= 0.3 is 6.61 Å². The van der Waals surface area contributed by atoms with Gasteiger partial charge in [0.15, 0.2) is 11.5 Å². The molecule has 0 atom stereocenters. The van der Waals surface area contributed by atoms with Gasteiger partial charge in [0.2, 0.25) is 15.9 Å². The van der Waals surface area contributed by atoms with E-state index in [1.807, 2.05) is 0 Å². The van der Waals surface area contributed by atoms with Crippen LogP contribution in [0.2, 0.25) is 0 Å². The van der Waals surface area contributed by atoms with Gasteiger partial charge in [-0.3, -0.25) is 4.79 Å². The number of sulfonamides is 1. The zero-order valence-electron chi connectivity index (χ0n) is 15.5. The summed E-state index contributed by atoms with van der Waals surface area (Å²) < 4.78 is 56.4. The third-order valence-electron chi connectivity index (χ3n) is 3.80. The highest BCUT2D eigenvalue weighted by molar-refractivity contribution is 7.89. The summed E-state index contributed by atoms with van der Waals surface area (Å²) in [6.45, 7) is -2.63. The van der Waals surface area contributed by atoms with Crippen molar-refractivity contribution < 1.29 is 31.5 Å². The Morgan fingerprint density at radius 3 is 2.45 bits per heavy atom. The quantitative estimate of drug-likeness (QED) is 0.599. The van der Waals surface area contributed by atoms with Gasteiger partial charge in [-0.05, 0) is 47.9 Å². The second-order valence-electron chi connectivity index (χ2n) is 5.85. The number of alkyl halides is 2. The molecule has 0 aliphatic heterocycles. The highest BCUT2D eigenvalue weighted by Gasteiger charge is 2.10. The maximum absolute atomic E-state index is 12.3. The normalized spacial score (nSPS) is 11.6. The van der Waals surface area contributed by atoms with Crippen LogP contribution in [-0.2, 0) is 21.2 Å². The van der Waals surface area contributed by atoms with Gasteiger partial charge in [0.25, 0.3) is 0 Å². The van der Waals surface area contributed by atoms with Crippen molar-refractivity contribution in [2.24, 2.45) is 5.14 Å². The van der Waals surface area contributed by atoms with Gasteiger partial charge in [0, 0.05) is 12.6 Å². The van der Waals surface area contributed by atoms with E-state index in [1.54, 1.807) is 12.1 Å². The Kier molecular flexibility index (Phi) is 7.68. The van der Waals surface area contributed by atoms with Gasteiger partial charge in [-0.1, -0.05) is 18.2 Å². The van der Waals surface area contributed by atoms with Crippen LogP contribution in [0.25, 0.3) is 6.08 Å². The van der Waals surface area contributed by atoms with Crippen LogP contribution < -0.4 is 19.9 Å². The van der Waals surface area contributed by atoms with Crippen molar-refractivity contribution in [3.05, 3.63) is 59.7 Å². The topological polar surface area (TPSA) is 108 Å². The zero-order chi connectivity index (χ0) is 21.4. The average Bonchev–Trinajstić information content (AvgIpc) is 2.66. The van der Waals surface area contributed by atoms with Crippen molar-refractivity contribution >= 4 is 22.0 Å². The lowest BCUT2D eigenvalue weighted by Gasteiger charge is -2.10. The molecule has 0 aliphatic carbocycles. The number of methoxy groups -OCH3 is 1. The number of ether oxygens (including phenoxy) is 2. The van der Waals surface area contributed by atoms with Crippen LogP contribution in [0.1, 0.15) is 11.1 Å². The van der Waals surface area contributed by atoms with Crippen LogP contribution in [0.4, 0.5) is 8.78 Å². The van der Waals surface area contributed by atoms with E-state index < -0.39 is 16.6 Å². The van der Waals surface area contributed by atoms with E-state index in [2.05, 4.69) is 10.1 Å². The Bertz CT molecular complexity index is 977. The molecular formula is C19H20F2N2O5S. The maximum atomic E-state index is 12.3. The number of hydrogen-bond donors (Lipinski definition) is 2. The summed E-state index contributed by atoms with van der Waals surface area (Å²) in [6, 6.07) is 10.4. The van der Waals surface area contributed by atoms with Crippen molar-refractivity contribution in [1.29, 1.82) is 0 Å². The molecule has 0 radical (unpaired) electrons. The molecule has 2 rings (SSSR count). The lowest BCUT2D eigenvalue weighted by Crippen LogP contribution is -2.23. The van der Waals surface area contributed by atoms with Crippen LogP contribution in [0, 0.1) is 0 Å². The summed E-state index contributed by atoms with van der Waals surface area (Å²) in [5.74, 6) is -0.327. The van der Waals surface area contributed by atoms with E-state index in [0.29, 0.717) is 18.5 Å². The first-order chi connectivity index (χ1) is 13.7. The molecule has 0 saturated heterocycles. The molecule has 1 amide bonds. The van der Waals surface area contributed by atoms with E-state index in [1.165, 1.54) is 49.6 Å². The molecule has 2 aromatic rings. The first-order valence-electron chi connectivity index (χ1n) is 8.39. The van der Waals surface area contributed by atoms with Gasteiger partial charge in [-0.25, -0.2) is 13.6 Å².